The average Bonchev–Trinajstić information content (AvgIpc) is 3.15. The summed E-state index contributed by atoms with van der Waals surface area (Å²) in [6.45, 7) is 0.726. The first-order valence-electron chi connectivity index (χ1n) is 6.29. The number of nitrogens with one attached hydrogen (secondary N) is 1. The number of hydrogen-bond donors (Lipinski definition) is 1. The molecule has 4 nitrogen and oxygen atoms in total. The fraction of sp³-hybridized carbons (Fsp3) is 0.385. The van der Waals surface area contributed by atoms with E-state index in [1.54, 1.807) is 28.3 Å². The van der Waals surface area contributed by atoms with Crippen molar-refractivity contribution in [3.63, 3.8) is 0 Å². The molecule has 0 unspecified atom stereocenters. The van der Waals surface area contributed by atoms with Crippen molar-refractivity contribution in [2.45, 2.75) is 25.3 Å². The Labute approximate surface area is 123 Å². The summed E-state index contributed by atoms with van der Waals surface area (Å²) in [5.41, 5.74) is -0.00244. The van der Waals surface area contributed by atoms with Crippen LogP contribution in [-0.4, -0.2) is 16.1 Å². The molecule has 0 aliphatic heterocycles. The number of halogens is 1. The molecule has 1 aliphatic rings. The Kier molecular flexibility index (Phi) is 3.70. The van der Waals surface area contributed by atoms with Crippen LogP contribution in [0.2, 0.25) is 0 Å². The van der Waals surface area contributed by atoms with Crippen LogP contribution < -0.4 is 10.9 Å². The van der Waals surface area contributed by atoms with Crippen LogP contribution in [0.4, 0.5) is 5.82 Å². The van der Waals surface area contributed by atoms with Gasteiger partial charge in [-0.1, -0.05) is 0 Å². The third-order valence-corrected chi connectivity index (χ3v) is 4.78. The van der Waals surface area contributed by atoms with Crippen molar-refractivity contribution >= 4 is 33.1 Å². The van der Waals surface area contributed by atoms with E-state index in [4.69, 9.17) is 0 Å². The molecule has 2 aromatic rings. The molecule has 0 bridgehead atoms. The quantitative estimate of drug-likeness (QED) is 0.910. The number of nitrogens with zero attached hydrogens (tertiary/aromatic N) is 2. The number of hydrogen-bond acceptors (Lipinski definition) is 4. The molecule has 0 aromatic carbocycles. The van der Waals surface area contributed by atoms with Crippen molar-refractivity contribution in [2.24, 2.45) is 0 Å². The van der Waals surface area contributed by atoms with E-state index in [0.29, 0.717) is 11.9 Å². The van der Waals surface area contributed by atoms with Gasteiger partial charge in [0.1, 0.15) is 0 Å². The molecule has 1 fully saturated rings. The third kappa shape index (κ3) is 3.06. The first-order chi connectivity index (χ1) is 9.24. The van der Waals surface area contributed by atoms with Gasteiger partial charge < -0.3 is 9.88 Å². The standard InChI is InChI=1S/C13H14BrN3OS/c14-11-4-3-10(19-11)5-6-15-12-13(18)17(8-7-16-12)9-1-2-9/h3-4,7-9H,1-2,5-6H2,(H,15,16). The minimum absolute atomic E-state index is 0.00244. The zero-order valence-corrected chi connectivity index (χ0v) is 12.7. The zero-order valence-electron chi connectivity index (χ0n) is 10.3. The average molecular weight is 340 g/mol. The lowest BCUT2D eigenvalue weighted by Gasteiger charge is -2.07. The highest BCUT2D eigenvalue weighted by Crippen LogP contribution is 2.33. The Morgan fingerprint density at radius 1 is 1.47 bits per heavy atom. The number of rotatable bonds is 5. The first kappa shape index (κ1) is 12.9. The van der Waals surface area contributed by atoms with Gasteiger partial charge >= 0.3 is 0 Å². The molecule has 0 amide bonds. The van der Waals surface area contributed by atoms with Crippen molar-refractivity contribution in [2.75, 3.05) is 11.9 Å². The van der Waals surface area contributed by atoms with Crippen LogP contribution >= 0.6 is 27.3 Å². The number of thiophene rings is 1. The van der Waals surface area contributed by atoms with E-state index in [1.807, 2.05) is 6.07 Å². The van der Waals surface area contributed by atoms with Gasteiger partial charge in [-0.25, -0.2) is 4.98 Å². The monoisotopic (exact) mass is 339 g/mol. The van der Waals surface area contributed by atoms with Gasteiger partial charge in [-0.2, -0.15) is 0 Å². The van der Waals surface area contributed by atoms with Gasteiger partial charge in [0.25, 0.3) is 5.56 Å². The fourth-order valence-electron chi connectivity index (χ4n) is 1.98. The SMILES string of the molecule is O=c1c(NCCc2ccc(Br)s2)nccn1C1CC1. The van der Waals surface area contributed by atoms with E-state index in [-0.39, 0.29) is 5.56 Å². The lowest BCUT2D eigenvalue weighted by molar-refractivity contribution is 0.699. The van der Waals surface area contributed by atoms with Crippen LogP contribution in [0.25, 0.3) is 0 Å². The lowest BCUT2D eigenvalue weighted by atomic mass is 10.3. The summed E-state index contributed by atoms with van der Waals surface area (Å²) in [5.74, 6) is 0.463. The summed E-state index contributed by atoms with van der Waals surface area (Å²) in [4.78, 5) is 17.6. The highest BCUT2D eigenvalue weighted by molar-refractivity contribution is 9.11. The van der Waals surface area contributed by atoms with E-state index >= 15 is 0 Å². The number of aromatic nitrogens is 2. The second kappa shape index (κ2) is 5.46. The van der Waals surface area contributed by atoms with Gasteiger partial charge in [0, 0.05) is 29.9 Å². The minimum Gasteiger partial charge on any atom is -0.365 e. The smallest absolute Gasteiger partial charge is 0.293 e. The highest BCUT2D eigenvalue weighted by atomic mass is 79.9. The predicted molar refractivity (Wildman–Crippen MR) is 81.0 cm³/mol. The van der Waals surface area contributed by atoms with Gasteiger partial charge in [0.15, 0.2) is 5.82 Å². The van der Waals surface area contributed by atoms with Gasteiger partial charge in [0.05, 0.1) is 3.79 Å². The Balaban J connectivity index is 1.63. The van der Waals surface area contributed by atoms with Crippen molar-refractivity contribution in [3.05, 3.63) is 43.5 Å². The van der Waals surface area contributed by atoms with E-state index in [9.17, 15) is 4.79 Å². The largest absolute Gasteiger partial charge is 0.365 e. The highest BCUT2D eigenvalue weighted by Gasteiger charge is 2.25. The van der Waals surface area contributed by atoms with E-state index in [2.05, 4.69) is 32.3 Å². The molecule has 2 heterocycles. The Hall–Kier alpha value is -1.14. The first-order valence-corrected chi connectivity index (χ1v) is 7.90. The minimum atomic E-state index is -0.00244. The Morgan fingerprint density at radius 3 is 3.00 bits per heavy atom. The molecule has 0 spiro atoms. The summed E-state index contributed by atoms with van der Waals surface area (Å²) in [6, 6.07) is 4.53. The van der Waals surface area contributed by atoms with Crippen LogP contribution in [0.1, 0.15) is 23.8 Å². The molecular formula is C13H14BrN3OS. The Bertz CT molecular complexity index is 633. The Morgan fingerprint density at radius 2 is 2.32 bits per heavy atom. The summed E-state index contributed by atoms with van der Waals surface area (Å²) in [7, 11) is 0. The normalized spacial score (nSPS) is 14.6. The lowest BCUT2D eigenvalue weighted by Crippen LogP contribution is -2.24. The van der Waals surface area contributed by atoms with Crippen molar-refractivity contribution in [3.8, 4) is 0 Å². The molecular weight excluding hydrogens is 326 g/mol. The zero-order chi connectivity index (χ0) is 13.2. The molecule has 1 saturated carbocycles. The van der Waals surface area contributed by atoms with Crippen molar-refractivity contribution in [1.82, 2.24) is 9.55 Å². The van der Waals surface area contributed by atoms with Crippen molar-refractivity contribution < 1.29 is 0 Å². The summed E-state index contributed by atoms with van der Waals surface area (Å²) in [5, 5.41) is 3.14. The van der Waals surface area contributed by atoms with Crippen LogP contribution in [0, 0.1) is 0 Å². The molecule has 19 heavy (non-hydrogen) atoms. The van der Waals surface area contributed by atoms with Gasteiger partial charge in [-0.3, -0.25) is 4.79 Å². The molecule has 2 aromatic heterocycles. The molecule has 3 rings (SSSR count). The fourth-order valence-corrected chi connectivity index (χ4v) is 3.46. The summed E-state index contributed by atoms with van der Waals surface area (Å²) < 4.78 is 2.92. The molecule has 0 radical (unpaired) electrons. The van der Waals surface area contributed by atoms with E-state index < -0.39 is 0 Å². The maximum absolute atomic E-state index is 12.1. The molecule has 1 N–H and O–H groups in total. The third-order valence-electron chi connectivity index (χ3n) is 3.10. The maximum Gasteiger partial charge on any atom is 0.293 e. The van der Waals surface area contributed by atoms with Crippen molar-refractivity contribution in [1.29, 1.82) is 0 Å². The molecule has 6 heteroatoms. The summed E-state index contributed by atoms with van der Waals surface area (Å²) in [6.07, 6.45) is 6.58. The van der Waals surface area contributed by atoms with Crippen LogP contribution in [0.3, 0.4) is 0 Å². The summed E-state index contributed by atoms with van der Waals surface area (Å²) >= 11 is 5.16. The molecule has 1 aliphatic carbocycles. The second-order valence-corrected chi connectivity index (χ2v) is 7.15. The van der Waals surface area contributed by atoms with Crippen LogP contribution in [0.15, 0.2) is 33.1 Å². The topological polar surface area (TPSA) is 46.9 Å². The number of anilines is 1. The van der Waals surface area contributed by atoms with Gasteiger partial charge in [0.2, 0.25) is 0 Å². The van der Waals surface area contributed by atoms with Gasteiger partial charge in [-0.15, -0.1) is 11.3 Å². The molecule has 0 atom stereocenters. The molecule has 0 saturated heterocycles. The second-order valence-electron chi connectivity index (χ2n) is 4.60. The predicted octanol–water partition coefficient (Wildman–Crippen LogP) is 3.06. The molecule has 100 valence electrons. The van der Waals surface area contributed by atoms with Crippen LogP contribution in [0.5, 0.6) is 0 Å². The van der Waals surface area contributed by atoms with E-state index in [1.165, 1.54) is 4.88 Å². The van der Waals surface area contributed by atoms with E-state index in [0.717, 1.165) is 29.6 Å². The van der Waals surface area contributed by atoms with Crippen LogP contribution in [-0.2, 0) is 6.42 Å². The van der Waals surface area contributed by atoms with Gasteiger partial charge in [-0.05, 0) is 47.3 Å². The maximum atomic E-state index is 12.1.